The molecule has 5 nitrogen and oxygen atoms in total. The van der Waals surface area contributed by atoms with Crippen molar-refractivity contribution in [3.63, 3.8) is 0 Å². The minimum atomic E-state index is -5.13. The Morgan fingerprint density at radius 1 is 0.939 bits per heavy atom. The highest BCUT2D eigenvalue weighted by atomic mass is 35.5. The van der Waals surface area contributed by atoms with Gasteiger partial charge in [-0.1, -0.05) is 60.9 Å². The number of benzene rings is 3. The molecule has 2 saturated heterocycles. The summed E-state index contributed by atoms with van der Waals surface area (Å²) in [6.07, 6.45) is -6.24. The molecule has 0 unspecified atom stereocenters. The first-order chi connectivity index (χ1) is 23.2. The molecule has 1 aliphatic carbocycles. The number of halogens is 7. The highest BCUT2D eigenvalue weighted by molar-refractivity contribution is 6.32. The van der Waals surface area contributed by atoms with E-state index in [1.54, 1.807) is 6.07 Å². The molecule has 0 saturated carbocycles. The highest BCUT2D eigenvalue weighted by Gasteiger charge is 2.57. The second-order valence-electron chi connectivity index (χ2n) is 12.6. The maximum Gasteiger partial charge on any atom is 0.416 e. The third-order valence-electron chi connectivity index (χ3n) is 9.52. The van der Waals surface area contributed by atoms with E-state index in [0.29, 0.717) is 46.9 Å². The third-order valence-corrected chi connectivity index (χ3v) is 9.85. The Hall–Kier alpha value is -4.09. The van der Waals surface area contributed by atoms with Crippen molar-refractivity contribution in [1.82, 2.24) is 0 Å². The van der Waals surface area contributed by atoms with Gasteiger partial charge in [0.2, 0.25) is 11.8 Å². The fourth-order valence-corrected chi connectivity index (χ4v) is 7.62. The number of carbonyl (C=O) groups is 2. The summed E-state index contributed by atoms with van der Waals surface area (Å²) in [7, 11) is 0. The van der Waals surface area contributed by atoms with E-state index >= 15 is 0 Å². The Labute approximate surface area is 283 Å². The van der Waals surface area contributed by atoms with Crippen molar-refractivity contribution in [1.29, 1.82) is 0 Å². The number of aromatic hydroxyl groups is 1. The monoisotopic (exact) mass is 703 g/mol. The molecule has 3 aliphatic rings. The Morgan fingerprint density at radius 2 is 1.61 bits per heavy atom. The van der Waals surface area contributed by atoms with Crippen LogP contribution in [0.3, 0.4) is 0 Å². The molecule has 12 heteroatoms. The third kappa shape index (κ3) is 6.88. The molecule has 2 fully saturated rings. The highest BCUT2D eigenvalue weighted by Crippen LogP contribution is 2.52. The zero-order chi connectivity index (χ0) is 35.2. The summed E-state index contributed by atoms with van der Waals surface area (Å²) >= 11 is 6.42. The van der Waals surface area contributed by atoms with Gasteiger partial charge in [-0.15, -0.1) is 0 Å². The summed E-state index contributed by atoms with van der Waals surface area (Å²) in [5.41, 5.74) is 0.470. The molecule has 0 aromatic heterocycles. The van der Waals surface area contributed by atoms with E-state index in [1.807, 2.05) is 43.3 Å². The van der Waals surface area contributed by atoms with E-state index in [-0.39, 0.29) is 24.8 Å². The average Bonchev–Trinajstić information content (AvgIpc) is 3.57. The number of phenols is 1. The number of hydrogen-bond donors (Lipinski definition) is 1. The van der Waals surface area contributed by atoms with Gasteiger partial charge in [-0.25, -0.2) is 4.90 Å². The molecule has 0 radical (unpaired) electrons. The summed E-state index contributed by atoms with van der Waals surface area (Å²) in [6.45, 7) is 2.05. The SMILES string of the molecule is CCCC1=C2[C@@H](CC/C(=C/c3ccc(O)cc3Cl)c3ccccc3)OC[C@@H]2[C@@H]2C(=O)N(c3cc(C(F)(F)F)cc(C(F)(F)F)c3)C(=O)[C@@H]2C1. The van der Waals surface area contributed by atoms with Crippen molar-refractivity contribution >= 4 is 40.8 Å². The minimum absolute atomic E-state index is 0.0240. The molecule has 49 heavy (non-hydrogen) atoms. The molecule has 2 amide bonds. The number of alkyl halides is 6. The van der Waals surface area contributed by atoms with Crippen molar-refractivity contribution in [2.75, 3.05) is 11.5 Å². The summed E-state index contributed by atoms with van der Waals surface area (Å²) in [5.74, 6) is -4.04. The Bertz CT molecular complexity index is 1800. The van der Waals surface area contributed by atoms with Crippen LogP contribution in [0.4, 0.5) is 32.0 Å². The molecular formula is C37H32ClF6NO4. The number of nitrogens with zero attached hydrogens (tertiary/aromatic N) is 1. The van der Waals surface area contributed by atoms with Crippen LogP contribution in [0.2, 0.25) is 5.02 Å². The first-order valence-corrected chi connectivity index (χ1v) is 16.3. The molecular weight excluding hydrogens is 672 g/mol. The lowest BCUT2D eigenvalue weighted by Gasteiger charge is -2.32. The first-order valence-electron chi connectivity index (χ1n) is 15.9. The van der Waals surface area contributed by atoms with Crippen molar-refractivity contribution in [2.45, 2.75) is 57.5 Å². The van der Waals surface area contributed by atoms with Gasteiger partial charge >= 0.3 is 12.4 Å². The van der Waals surface area contributed by atoms with Crippen molar-refractivity contribution in [3.05, 3.63) is 105 Å². The van der Waals surface area contributed by atoms with Crippen LogP contribution < -0.4 is 4.90 Å². The molecule has 6 rings (SSSR count). The van der Waals surface area contributed by atoms with Gasteiger partial charge in [-0.2, -0.15) is 26.3 Å². The van der Waals surface area contributed by atoms with E-state index in [0.717, 1.165) is 28.7 Å². The van der Waals surface area contributed by atoms with Gasteiger partial charge < -0.3 is 9.84 Å². The largest absolute Gasteiger partial charge is 0.508 e. The Kier molecular flexibility index (Phi) is 9.45. The Balaban J connectivity index is 1.31. The quantitative estimate of drug-likeness (QED) is 0.110. The zero-order valence-electron chi connectivity index (χ0n) is 26.2. The van der Waals surface area contributed by atoms with Crippen LogP contribution in [0.1, 0.15) is 61.3 Å². The molecule has 0 spiro atoms. The number of amides is 2. The molecule has 3 aromatic rings. The number of carbonyl (C=O) groups excluding carboxylic acids is 2. The van der Waals surface area contributed by atoms with E-state index in [9.17, 15) is 41.0 Å². The zero-order valence-corrected chi connectivity index (χ0v) is 27.0. The maximum atomic E-state index is 13.9. The van der Waals surface area contributed by atoms with Crippen LogP contribution in [0, 0.1) is 17.8 Å². The molecule has 4 atom stereocenters. The number of rotatable bonds is 8. The maximum absolute atomic E-state index is 13.9. The lowest BCUT2D eigenvalue weighted by Crippen LogP contribution is -2.34. The molecule has 2 aliphatic heterocycles. The number of fused-ring (bicyclic) bond motifs is 3. The van der Waals surface area contributed by atoms with Crippen LogP contribution >= 0.6 is 11.6 Å². The molecule has 258 valence electrons. The standard InChI is InChI=1S/C37H32ClF6NO4/c1-2-6-23-14-28-33(35(48)45(34(28)47)26-16-24(36(39,40)41)15-25(17-26)37(42,43)44)29-19-49-31(32(23)29)12-10-21(20-7-4-3-5-8-20)13-22-9-11-27(46)18-30(22)38/h3-5,7-9,11,13,15-18,28-29,31,33,46H,2,6,10,12,14,19H2,1H3/b21-13-/t28-,29+,31-,33-/m1/s1. The molecule has 0 bridgehead atoms. The van der Waals surface area contributed by atoms with Crippen LogP contribution in [0.15, 0.2) is 77.9 Å². The molecule has 2 heterocycles. The lowest BCUT2D eigenvalue weighted by molar-refractivity contribution is -0.143. The van der Waals surface area contributed by atoms with E-state index < -0.39 is 64.8 Å². The van der Waals surface area contributed by atoms with E-state index in [1.165, 1.54) is 12.1 Å². The van der Waals surface area contributed by atoms with Gasteiger partial charge in [0.15, 0.2) is 0 Å². The van der Waals surface area contributed by atoms with Crippen LogP contribution in [0.25, 0.3) is 11.6 Å². The second-order valence-corrected chi connectivity index (χ2v) is 13.0. The van der Waals surface area contributed by atoms with Crippen molar-refractivity contribution in [2.24, 2.45) is 17.8 Å². The number of anilines is 1. The fourth-order valence-electron chi connectivity index (χ4n) is 7.39. The number of imide groups is 1. The topological polar surface area (TPSA) is 66.8 Å². The van der Waals surface area contributed by atoms with Crippen LogP contribution in [0.5, 0.6) is 5.75 Å². The summed E-state index contributed by atoms with van der Waals surface area (Å²) < 4.78 is 88.3. The molecule has 1 N–H and O–H groups in total. The van der Waals surface area contributed by atoms with Gasteiger partial charge in [0.05, 0.1) is 46.4 Å². The number of phenolic OH excluding ortho intramolecular Hbond substituents is 1. The van der Waals surface area contributed by atoms with Crippen molar-refractivity contribution < 1.29 is 45.8 Å². The number of allylic oxidation sites excluding steroid dienone is 2. The van der Waals surface area contributed by atoms with Gasteiger partial charge in [-0.3, -0.25) is 9.59 Å². The first kappa shape index (κ1) is 34.8. The summed E-state index contributed by atoms with van der Waals surface area (Å²) in [6, 6.07) is 15.2. The predicted octanol–water partition coefficient (Wildman–Crippen LogP) is 9.73. The Morgan fingerprint density at radius 3 is 2.22 bits per heavy atom. The van der Waals surface area contributed by atoms with Gasteiger partial charge in [0, 0.05) is 5.92 Å². The second kappa shape index (κ2) is 13.3. The lowest BCUT2D eigenvalue weighted by atomic mass is 9.68. The van der Waals surface area contributed by atoms with Crippen LogP contribution in [-0.4, -0.2) is 29.6 Å². The van der Waals surface area contributed by atoms with Crippen LogP contribution in [-0.2, 0) is 26.7 Å². The number of ether oxygens (including phenoxy) is 1. The predicted molar refractivity (Wildman–Crippen MR) is 172 cm³/mol. The number of hydrogen-bond acceptors (Lipinski definition) is 4. The summed E-state index contributed by atoms with van der Waals surface area (Å²) in [4.78, 5) is 28.2. The van der Waals surface area contributed by atoms with E-state index in [4.69, 9.17) is 16.3 Å². The van der Waals surface area contributed by atoms with Gasteiger partial charge in [0.1, 0.15) is 5.75 Å². The van der Waals surface area contributed by atoms with Crippen molar-refractivity contribution in [3.8, 4) is 5.75 Å². The average molecular weight is 704 g/mol. The summed E-state index contributed by atoms with van der Waals surface area (Å²) in [5, 5.41) is 10.2. The smallest absolute Gasteiger partial charge is 0.416 e. The fraction of sp³-hybridized carbons (Fsp3) is 0.351. The van der Waals surface area contributed by atoms with Gasteiger partial charge in [-0.05, 0) is 90.4 Å². The minimum Gasteiger partial charge on any atom is -0.508 e. The normalized spacial score (nSPS) is 22.9. The van der Waals surface area contributed by atoms with E-state index in [2.05, 4.69) is 0 Å². The molecule has 3 aromatic carbocycles. The van der Waals surface area contributed by atoms with Gasteiger partial charge in [0.25, 0.3) is 0 Å².